The van der Waals surface area contributed by atoms with Crippen molar-refractivity contribution < 1.29 is 9.13 Å². The zero-order valence-corrected chi connectivity index (χ0v) is 15.0. The largest absolute Gasteiger partial charge is 0.496 e. The first-order valence-corrected chi connectivity index (χ1v) is 9.40. The van der Waals surface area contributed by atoms with Crippen molar-refractivity contribution in [2.75, 3.05) is 33.3 Å². The Balaban J connectivity index is 1.89. The molecule has 1 aromatic heterocycles. The molecule has 3 aromatic rings. The molecule has 130 valence electrons. The molecular weight excluding hydrogens is 335 g/mol. The number of nitrogens with zero attached hydrogens (tertiary/aromatic N) is 1. The molecule has 0 aliphatic carbocycles. The summed E-state index contributed by atoms with van der Waals surface area (Å²) in [6, 6.07) is 13.2. The van der Waals surface area contributed by atoms with Crippen LogP contribution in [0.3, 0.4) is 0 Å². The summed E-state index contributed by atoms with van der Waals surface area (Å²) in [6.07, 6.45) is 0. The Morgan fingerprint density at radius 3 is 2.72 bits per heavy atom. The van der Waals surface area contributed by atoms with E-state index in [0.717, 1.165) is 37.5 Å². The number of piperazine rings is 1. The number of fused-ring (bicyclic) bond motifs is 1. The zero-order valence-electron chi connectivity index (χ0n) is 14.2. The van der Waals surface area contributed by atoms with Crippen LogP contribution in [0.4, 0.5) is 4.39 Å². The van der Waals surface area contributed by atoms with Gasteiger partial charge in [-0.15, -0.1) is 11.3 Å². The van der Waals surface area contributed by atoms with Crippen LogP contribution in [-0.2, 0) is 0 Å². The van der Waals surface area contributed by atoms with Crippen LogP contribution in [0, 0.1) is 5.82 Å². The van der Waals surface area contributed by atoms with Crippen molar-refractivity contribution in [1.82, 2.24) is 10.2 Å². The van der Waals surface area contributed by atoms with Crippen LogP contribution >= 0.6 is 11.3 Å². The Morgan fingerprint density at radius 2 is 1.92 bits per heavy atom. The maximum Gasteiger partial charge on any atom is 0.124 e. The number of nitrogens with one attached hydrogen (secondary N) is 1. The number of hydrogen-bond donors (Lipinski definition) is 1. The normalized spacial score (nSPS) is 16.9. The van der Waals surface area contributed by atoms with Crippen LogP contribution in [0.5, 0.6) is 5.75 Å². The van der Waals surface area contributed by atoms with Crippen LogP contribution in [0.25, 0.3) is 10.1 Å². The fourth-order valence-corrected chi connectivity index (χ4v) is 4.61. The second-order valence-corrected chi connectivity index (χ2v) is 7.17. The SMILES string of the molecule is COc1ccc(F)cc1C(c1csc2ccccc12)N1CCNCC1. The van der Waals surface area contributed by atoms with Gasteiger partial charge in [0.15, 0.2) is 0 Å². The monoisotopic (exact) mass is 356 g/mol. The van der Waals surface area contributed by atoms with Crippen LogP contribution < -0.4 is 10.1 Å². The maximum absolute atomic E-state index is 14.1. The number of ether oxygens (including phenoxy) is 1. The van der Waals surface area contributed by atoms with Crippen molar-refractivity contribution >= 4 is 21.4 Å². The molecule has 1 unspecified atom stereocenters. The van der Waals surface area contributed by atoms with Crippen molar-refractivity contribution in [2.24, 2.45) is 0 Å². The molecule has 0 bridgehead atoms. The Labute approximate surface area is 151 Å². The number of methoxy groups -OCH3 is 1. The first-order valence-electron chi connectivity index (χ1n) is 8.52. The average Bonchev–Trinajstić information content (AvgIpc) is 3.07. The Hall–Kier alpha value is -1.95. The summed E-state index contributed by atoms with van der Waals surface area (Å²) in [4.78, 5) is 2.42. The molecule has 1 fully saturated rings. The average molecular weight is 356 g/mol. The quantitative estimate of drug-likeness (QED) is 0.763. The molecule has 1 aliphatic heterocycles. The highest BCUT2D eigenvalue weighted by Gasteiger charge is 2.28. The Kier molecular flexibility index (Phi) is 4.70. The van der Waals surface area contributed by atoms with Gasteiger partial charge in [-0.3, -0.25) is 4.90 Å². The van der Waals surface area contributed by atoms with Gasteiger partial charge >= 0.3 is 0 Å². The molecule has 4 rings (SSSR count). The molecule has 2 heterocycles. The van der Waals surface area contributed by atoms with Crippen LogP contribution in [-0.4, -0.2) is 38.2 Å². The Bertz CT molecular complexity index is 873. The van der Waals surface area contributed by atoms with E-state index in [1.54, 1.807) is 30.6 Å². The van der Waals surface area contributed by atoms with E-state index in [4.69, 9.17) is 4.74 Å². The predicted octanol–water partition coefficient (Wildman–Crippen LogP) is 4.04. The number of thiophene rings is 1. The molecule has 5 heteroatoms. The van der Waals surface area contributed by atoms with Gasteiger partial charge in [-0.1, -0.05) is 18.2 Å². The van der Waals surface area contributed by atoms with Crippen LogP contribution in [0.1, 0.15) is 17.2 Å². The van der Waals surface area contributed by atoms with Crippen molar-refractivity contribution in [2.45, 2.75) is 6.04 Å². The fourth-order valence-electron chi connectivity index (χ4n) is 3.63. The number of hydrogen-bond acceptors (Lipinski definition) is 4. The van der Waals surface area contributed by atoms with Gasteiger partial charge in [0, 0.05) is 36.4 Å². The van der Waals surface area contributed by atoms with E-state index < -0.39 is 0 Å². The van der Waals surface area contributed by atoms with Gasteiger partial charge in [0.2, 0.25) is 0 Å². The second kappa shape index (κ2) is 7.12. The molecule has 0 radical (unpaired) electrons. The number of halogens is 1. The third-order valence-corrected chi connectivity index (χ3v) is 5.79. The molecule has 1 atom stereocenters. The summed E-state index contributed by atoms with van der Waals surface area (Å²) in [5.41, 5.74) is 2.12. The zero-order chi connectivity index (χ0) is 17.2. The van der Waals surface area contributed by atoms with E-state index in [1.807, 2.05) is 0 Å². The number of rotatable bonds is 4. The van der Waals surface area contributed by atoms with Crippen LogP contribution in [0.2, 0.25) is 0 Å². The Morgan fingerprint density at radius 1 is 1.12 bits per heavy atom. The first kappa shape index (κ1) is 16.5. The summed E-state index contributed by atoms with van der Waals surface area (Å²) in [5.74, 6) is 0.510. The molecular formula is C20H21FN2OS. The highest BCUT2D eigenvalue weighted by Crippen LogP contribution is 2.40. The smallest absolute Gasteiger partial charge is 0.124 e. The lowest BCUT2D eigenvalue weighted by atomic mass is 9.95. The van der Waals surface area contributed by atoms with Crippen LogP contribution in [0.15, 0.2) is 47.8 Å². The summed E-state index contributed by atoms with van der Waals surface area (Å²) in [5, 5.41) is 6.85. The summed E-state index contributed by atoms with van der Waals surface area (Å²) >= 11 is 1.74. The summed E-state index contributed by atoms with van der Waals surface area (Å²) in [7, 11) is 1.65. The maximum atomic E-state index is 14.1. The highest BCUT2D eigenvalue weighted by atomic mass is 32.1. The minimum absolute atomic E-state index is 0.0103. The molecule has 0 spiro atoms. The van der Waals surface area contributed by atoms with E-state index in [9.17, 15) is 4.39 Å². The van der Waals surface area contributed by atoms with Gasteiger partial charge in [0.05, 0.1) is 13.2 Å². The van der Waals surface area contributed by atoms with E-state index >= 15 is 0 Å². The van der Waals surface area contributed by atoms with Gasteiger partial charge in [0.25, 0.3) is 0 Å². The number of benzene rings is 2. The first-order chi connectivity index (χ1) is 12.3. The lowest BCUT2D eigenvalue weighted by Crippen LogP contribution is -2.45. The van der Waals surface area contributed by atoms with E-state index in [1.165, 1.54) is 21.7 Å². The predicted molar refractivity (Wildman–Crippen MR) is 101 cm³/mol. The van der Waals surface area contributed by atoms with Crippen molar-refractivity contribution in [3.8, 4) is 5.75 Å². The summed E-state index contributed by atoms with van der Waals surface area (Å²) < 4.78 is 20.9. The fraction of sp³-hybridized carbons (Fsp3) is 0.300. The lowest BCUT2D eigenvalue weighted by Gasteiger charge is -2.36. The van der Waals surface area contributed by atoms with Gasteiger partial charge in [-0.2, -0.15) is 0 Å². The van der Waals surface area contributed by atoms with Gasteiger partial charge < -0.3 is 10.1 Å². The second-order valence-electron chi connectivity index (χ2n) is 6.26. The topological polar surface area (TPSA) is 24.5 Å². The third kappa shape index (κ3) is 3.15. The minimum atomic E-state index is -0.226. The molecule has 1 N–H and O–H groups in total. The van der Waals surface area contributed by atoms with Crippen molar-refractivity contribution in [3.63, 3.8) is 0 Å². The van der Waals surface area contributed by atoms with E-state index in [2.05, 4.69) is 39.9 Å². The third-order valence-electron chi connectivity index (χ3n) is 4.81. The molecule has 3 nitrogen and oxygen atoms in total. The molecule has 1 saturated heterocycles. The van der Waals surface area contributed by atoms with E-state index in [0.29, 0.717) is 0 Å². The molecule has 1 aliphatic rings. The molecule has 25 heavy (non-hydrogen) atoms. The minimum Gasteiger partial charge on any atom is -0.496 e. The van der Waals surface area contributed by atoms with Crippen molar-refractivity contribution in [3.05, 3.63) is 64.8 Å². The standard InChI is InChI=1S/C20H21FN2OS/c1-24-18-7-6-14(21)12-16(18)20(23-10-8-22-9-11-23)17-13-25-19-5-3-2-4-15(17)19/h2-7,12-13,20,22H,8-11H2,1H3. The highest BCUT2D eigenvalue weighted by molar-refractivity contribution is 7.17. The van der Waals surface area contributed by atoms with Gasteiger partial charge in [-0.25, -0.2) is 4.39 Å². The van der Waals surface area contributed by atoms with Gasteiger partial charge in [-0.05, 0) is 40.6 Å². The molecule has 0 saturated carbocycles. The van der Waals surface area contributed by atoms with Gasteiger partial charge in [0.1, 0.15) is 11.6 Å². The van der Waals surface area contributed by atoms with E-state index in [-0.39, 0.29) is 11.9 Å². The van der Waals surface area contributed by atoms with Crippen molar-refractivity contribution in [1.29, 1.82) is 0 Å². The molecule has 2 aromatic carbocycles. The summed E-state index contributed by atoms with van der Waals surface area (Å²) in [6.45, 7) is 3.73. The lowest BCUT2D eigenvalue weighted by molar-refractivity contribution is 0.196. The molecule has 0 amide bonds.